The lowest BCUT2D eigenvalue weighted by atomic mass is 10.1. The number of hydrogen-bond donors (Lipinski definition) is 2. The molecule has 5 heteroatoms. The van der Waals surface area contributed by atoms with Crippen LogP contribution in [0, 0.1) is 0 Å². The molecule has 0 saturated carbocycles. The van der Waals surface area contributed by atoms with Gasteiger partial charge < -0.3 is 10.4 Å². The van der Waals surface area contributed by atoms with Crippen LogP contribution >= 0.6 is 0 Å². The molecule has 22 heavy (non-hydrogen) atoms. The predicted octanol–water partition coefficient (Wildman–Crippen LogP) is 2.78. The minimum absolute atomic E-state index is 0.251. The van der Waals surface area contributed by atoms with Crippen molar-refractivity contribution >= 4 is 0 Å². The summed E-state index contributed by atoms with van der Waals surface area (Å²) < 4.78 is 0. The van der Waals surface area contributed by atoms with E-state index in [1.54, 1.807) is 4.80 Å². The first kappa shape index (κ1) is 16.6. The van der Waals surface area contributed by atoms with Gasteiger partial charge in [0.05, 0.1) is 6.04 Å². The van der Waals surface area contributed by atoms with E-state index < -0.39 is 0 Å². The summed E-state index contributed by atoms with van der Waals surface area (Å²) in [7, 11) is 0. The zero-order valence-corrected chi connectivity index (χ0v) is 13.5. The highest BCUT2D eigenvalue weighted by atomic mass is 16.2. The number of nitrogens with zero attached hydrogens (tertiary/aromatic N) is 3. The fraction of sp³-hybridized carbons (Fsp3) is 0.529. The van der Waals surface area contributed by atoms with Crippen LogP contribution in [0.25, 0.3) is 11.3 Å². The highest BCUT2D eigenvalue weighted by molar-refractivity contribution is 5.60. The van der Waals surface area contributed by atoms with Crippen molar-refractivity contribution in [3.63, 3.8) is 0 Å². The first-order valence-corrected chi connectivity index (χ1v) is 8.05. The van der Waals surface area contributed by atoms with Crippen LogP contribution in [0.5, 0.6) is 0 Å². The molecule has 2 rings (SSSR count). The summed E-state index contributed by atoms with van der Waals surface area (Å²) in [5.74, 6) is 0. The van der Waals surface area contributed by atoms with E-state index in [4.69, 9.17) is 5.11 Å². The molecule has 0 unspecified atom stereocenters. The molecule has 0 aliphatic carbocycles. The molecule has 0 aliphatic rings. The van der Waals surface area contributed by atoms with Crippen LogP contribution in [-0.4, -0.2) is 33.3 Å². The van der Waals surface area contributed by atoms with Crippen LogP contribution in [0.1, 0.15) is 44.8 Å². The van der Waals surface area contributed by atoms with Gasteiger partial charge in [-0.15, -0.1) is 0 Å². The first-order chi connectivity index (χ1) is 10.7. The average Bonchev–Trinajstić information content (AvgIpc) is 2.96. The van der Waals surface area contributed by atoms with Gasteiger partial charge >= 0.3 is 0 Å². The first-order valence-electron chi connectivity index (χ1n) is 8.05. The Morgan fingerprint density at radius 2 is 1.86 bits per heavy atom. The Balaban J connectivity index is 2.02. The van der Waals surface area contributed by atoms with Crippen molar-refractivity contribution < 1.29 is 5.11 Å². The molecule has 0 atom stereocenters. The van der Waals surface area contributed by atoms with E-state index in [0.717, 1.165) is 49.3 Å². The van der Waals surface area contributed by atoms with Crippen LogP contribution < -0.4 is 5.32 Å². The Kier molecular flexibility index (Phi) is 6.55. The number of hydrogen-bond acceptors (Lipinski definition) is 4. The monoisotopic (exact) mass is 302 g/mol. The smallest absolute Gasteiger partial charge is 0.117 e. The number of rotatable bonds is 9. The summed E-state index contributed by atoms with van der Waals surface area (Å²) in [5.41, 5.74) is 3.05. The van der Waals surface area contributed by atoms with Gasteiger partial charge in [0.15, 0.2) is 0 Å². The minimum atomic E-state index is 0.251. The van der Waals surface area contributed by atoms with Crippen LogP contribution in [0.15, 0.2) is 30.3 Å². The highest BCUT2D eigenvalue weighted by Gasteiger charge is 2.13. The van der Waals surface area contributed by atoms with Gasteiger partial charge in [0.1, 0.15) is 11.4 Å². The molecule has 0 fully saturated rings. The molecule has 0 radical (unpaired) electrons. The molecule has 1 aromatic carbocycles. The number of nitrogens with one attached hydrogen (secondary N) is 1. The van der Waals surface area contributed by atoms with E-state index in [0.29, 0.717) is 0 Å². The maximum atomic E-state index is 8.78. The molecular weight excluding hydrogens is 276 g/mol. The quantitative estimate of drug-likeness (QED) is 0.699. The van der Waals surface area contributed by atoms with E-state index in [1.807, 2.05) is 18.2 Å². The van der Waals surface area contributed by atoms with E-state index in [2.05, 4.69) is 41.5 Å². The second-order valence-electron chi connectivity index (χ2n) is 5.74. The van der Waals surface area contributed by atoms with Crippen LogP contribution in [0.2, 0.25) is 0 Å². The molecule has 5 nitrogen and oxygen atoms in total. The molecule has 1 heterocycles. The second kappa shape index (κ2) is 8.66. The second-order valence-corrected chi connectivity index (χ2v) is 5.74. The van der Waals surface area contributed by atoms with Gasteiger partial charge in [-0.3, -0.25) is 0 Å². The van der Waals surface area contributed by atoms with Crippen molar-refractivity contribution in [2.24, 2.45) is 0 Å². The van der Waals surface area contributed by atoms with Crippen molar-refractivity contribution in [1.82, 2.24) is 20.3 Å². The lowest BCUT2D eigenvalue weighted by Crippen LogP contribution is -2.16. The zero-order chi connectivity index (χ0) is 15.8. The molecule has 0 amide bonds. The van der Waals surface area contributed by atoms with Crippen molar-refractivity contribution in [1.29, 1.82) is 0 Å². The number of aliphatic hydroxyl groups is 1. The summed E-state index contributed by atoms with van der Waals surface area (Å²) >= 11 is 0. The molecule has 0 aliphatic heterocycles. The molecule has 2 aromatic rings. The Morgan fingerprint density at radius 1 is 1.09 bits per heavy atom. The third-order valence-electron chi connectivity index (χ3n) is 3.51. The SMILES string of the molecule is CC(C)n1nc(CNCCCCCO)c(-c2ccccc2)n1. The standard InChI is InChI=1S/C17H26N4O/c1-14(2)21-19-16(13-18-11-7-4-8-12-22)17(20-21)15-9-5-3-6-10-15/h3,5-6,9-10,14,18,22H,4,7-8,11-13H2,1-2H3. The molecular formula is C17H26N4O. The highest BCUT2D eigenvalue weighted by Crippen LogP contribution is 2.21. The summed E-state index contributed by atoms with van der Waals surface area (Å²) in [6, 6.07) is 10.4. The maximum Gasteiger partial charge on any atom is 0.117 e. The summed E-state index contributed by atoms with van der Waals surface area (Å²) in [5, 5.41) is 21.5. The Labute approximate surface area is 132 Å². The van der Waals surface area contributed by atoms with Gasteiger partial charge in [-0.25, -0.2) is 0 Å². The third-order valence-corrected chi connectivity index (χ3v) is 3.51. The maximum absolute atomic E-state index is 8.78. The summed E-state index contributed by atoms with van der Waals surface area (Å²) in [6.07, 6.45) is 2.99. The van der Waals surface area contributed by atoms with Gasteiger partial charge in [0, 0.05) is 18.7 Å². The lowest BCUT2D eigenvalue weighted by molar-refractivity contribution is 0.283. The lowest BCUT2D eigenvalue weighted by Gasteiger charge is -2.04. The Hall–Kier alpha value is -1.72. The van der Waals surface area contributed by atoms with E-state index >= 15 is 0 Å². The molecule has 0 spiro atoms. The van der Waals surface area contributed by atoms with Crippen molar-refractivity contribution in [3.8, 4) is 11.3 Å². The van der Waals surface area contributed by atoms with Crippen LogP contribution in [0.4, 0.5) is 0 Å². The van der Waals surface area contributed by atoms with Crippen molar-refractivity contribution in [3.05, 3.63) is 36.0 Å². The van der Waals surface area contributed by atoms with Gasteiger partial charge in [-0.1, -0.05) is 30.3 Å². The topological polar surface area (TPSA) is 63.0 Å². The molecule has 0 saturated heterocycles. The fourth-order valence-electron chi connectivity index (χ4n) is 2.27. The molecule has 2 N–H and O–H groups in total. The largest absolute Gasteiger partial charge is 0.396 e. The normalized spacial score (nSPS) is 11.3. The predicted molar refractivity (Wildman–Crippen MR) is 88.5 cm³/mol. The van der Waals surface area contributed by atoms with Gasteiger partial charge in [-0.05, 0) is 39.7 Å². The van der Waals surface area contributed by atoms with E-state index in [9.17, 15) is 0 Å². The number of unbranched alkanes of at least 4 members (excludes halogenated alkanes) is 2. The fourth-order valence-corrected chi connectivity index (χ4v) is 2.27. The van der Waals surface area contributed by atoms with E-state index in [-0.39, 0.29) is 12.6 Å². The summed E-state index contributed by atoms with van der Waals surface area (Å²) in [6.45, 7) is 6.10. The number of aromatic nitrogens is 3. The van der Waals surface area contributed by atoms with Crippen molar-refractivity contribution in [2.45, 2.75) is 45.7 Å². The average molecular weight is 302 g/mol. The number of aliphatic hydroxyl groups excluding tert-OH is 1. The van der Waals surface area contributed by atoms with Gasteiger partial charge in [0.25, 0.3) is 0 Å². The zero-order valence-electron chi connectivity index (χ0n) is 13.5. The van der Waals surface area contributed by atoms with Crippen LogP contribution in [-0.2, 0) is 6.54 Å². The Morgan fingerprint density at radius 3 is 2.55 bits per heavy atom. The number of benzene rings is 1. The van der Waals surface area contributed by atoms with E-state index in [1.165, 1.54) is 0 Å². The Bertz CT molecular complexity index is 551. The minimum Gasteiger partial charge on any atom is -0.396 e. The van der Waals surface area contributed by atoms with Gasteiger partial charge in [0.2, 0.25) is 0 Å². The van der Waals surface area contributed by atoms with Gasteiger partial charge in [-0.2, -0.15) is 15.0 Å². The molecule has 120 valence electrons. The van der Waals surface area contributed by atoms with Crippen molar-refractivity contribution in [2.75, 3.05) is 13.2 Å². The third kappa shape index (κ3) is 4.64. The van der Waals surface area contributed by atoms with Crippen LogP contribution in [0.3, 0.4) is 0 Å². The molecule has 1 aromatic heterocycles. The molecule has 0 bridgehead atoms. The summed E-state index contributed by atoms with van der Waals surface area (Å²) in [4.78, 5) is 1.78.